The highest BCUT2D eigenvalue weighted by Gasteiger charge is 2.23. The van der Waals surface area contributed by atoms with Gasteiger partial charge in [0.1, 0.15) is 22.3 Å². The maximum absolute atomic E-state index is 6.84. The third-order valence-corrected chi connectivity index (χ3v) is 16.7. The number of para-hydroxylation sites is 6. The van der Waals surface area contributed by atoms with Gasteiger partial charge in [-0.15, -0.1) is 0 Å². The molecular formula is C75H48N4O2. The van der Waals surface area contributed by atoms with Crippen molar-refractivity contribution in [3.63, 3.8) is 0 Å². The maximum atomic E-state index is 6.84. The lowest BCUT2D eigenvalue weighted by Gasteiger charge is -2.26. The summed E-state index contributed by atoms with van der Waals surface area (Å²) in [6, 6.07) is 98.4. The van der Waals surface area contributed by atoms with E-state index in [1.165, 1.54) is 43.6 Å². The Kier molecular flexibility index (Phi) is 9.83. The van der Waals surface area contributed by atoms with E-state index < -0.39 is 0 Å². The summed E-state index contributed by atoms with van der Waals surface area (Å²) in [6.07, 6.45) is 0. The van der Waals surface area contributed by atoms with Gasteiger partial charge in [0.15, 0.2) is 0 Å². The maximum Gasteiger partial charge on any atom is 0.139 e. The smallest absolute Gasteiger partial charge is 0.139 e. The first-order valence-corrected chi connectivity index (χ1v) is 27.6. The molecule has 0 saturated heterocycles. The molecule has 0 fully saturated rings. The number of anilines is 6. The van der Waals surface area contributed by atoms with E-state index >= 15 is 0 Å². The van der Waals surface area contributed by atoms with Crippen molar-refractivity contribution < 1.29 is 8.83 Å². The fourth-order valence-corrected chi connectivity index (χ4v) is 13.2. The van der Waals surface area contributed by atoms with E-state index in [0.29, 0.717) is 0 Å². The first kappa shape index (κ1) is 45.2. The molecule has 0 saturated carbocycles. The number of nitrogens with zero attached hydrogens (tertiary/aromatic N) is 4. The van der Waals surface area contributed by atoms with Gasteiger partial charge in [-0.05, 0) is 180 Å². The molecule has 0 atom stereocenters. The van der Waals surface area contributed by atoms with Gasteiger partial charge < -0.3 is 27.8 Å². The second-order valence-electron chi connectivity index (χ2n) is 21.3. The average molecular weight is 1040 g/mol. The van der Waals surface area contributed by atoms with Crippen LogP contribution in [0, 0.1) is 6.92 Å². The van der Waals surface area contributed by atoms with E-state index in [-0.39, 0.29) is 0 Å². The third kappa shape index (κ3) is 7.00. The Labute approximate surface area is 465 Å². The van der Waals surface area contributed by atoms with Crippen molar-refractivity contribution in [3.05, 3.63) is 279 Å². The minimum atomic E-state index is 0.813. The van der Waals surface area contributed by atoms with Crippen molar-refractivity contribution >= 4 is 143 Å². The van der Waals surface area contributed by atoms with Crippen LogP contribution in [0.2, 0.25) is 0 Å². The lowest BCUT2D eigenvalue weighted by molar-refractivity contribution is 0.656. The standard InChI is InChI=1S/C75H48N4O2/c1-47-74-64-40-48-30-32-56(76(52-18-6-2-7-19-52)58-34-36-68-62(44-58)60-26-14-16-28-66(60)78(68)54-22-10-4-11-23-54)38-50(48)42-70(64)80-72(74)46-73-75(47)65-41-49-31-33-57(39-51(49)43-71(65)81-73)77(53-20-8-3-9-21-53)59-35-37-69-63(45-59)61-27-15-17-29-67(61)79(69)55-24-12-5-13-25-55/h2-46H,1H3. The monoisotopic (exact) mass is 1040 g/mol. The molecule has 6 heteroatoms. The van der Waals surface area contributed by atoms with Crippen molar-refractivity contribution in [2.75, 3.05) is 9.80 Å². The molecule has 81 heavy (non-hydrogen) atoms. The Hall–Kier alpha value is -10.8. The highest BCUT2D eigenvalue weighted by atomic mass is 16.3. The van der Waals surface area contributed by atoms with Crippen LogP contribution in [0.5, 0.6) is 0 Å². The topological polar surface area (TPSA) is 42.6 Å². The van der Waals surface area contributed by atoms with Gasteiger partial charge in [-0.3, -0.25) is 0 Å². The van der Waals surface area contributed by atoms with Crippen LogP contribution in [-0.4, -0.2) is 9.13 Å². The summed E-state index contributed by atoms with van der Waals surface area (Å²) < 4.78 is 18.4. The molecule has 13 aromatic carbocycles. The lowest BCUT2D eigenvalue weighted by Crippen LogP contribution is -2.09. The van der Waals surface area contributed by atoms with Gasteiger partial charge in [-0.2, -0.15) is 0 Å². The van der Waals surface area contributed by atoms with Crippen molar-refractivity contribution in [3.8, 4) is 11.4 Å². The zero-order valence-electron chi connectivity index (χ0n) is 44.1. The molecule has 0 unspecified atom stereocenters. The molecule has 0 aliphatic heterocycles. The highest BCUT2D eigenvalue weighted by molar-refractivity contribution is 6.21. The average Bonchev–Trinajstić information content (AvgIpc) is 4.46. The van der Waals surface area contributed by atoms with Crippen molar-refractivity contribution in [2.24, 2.45) is 0 Å². The summed E-state index contributed by atoms with van der Waals surface area (Å²) in [7, 11) is 0. The quantitative estimate of drug-likeness (QED) is 0.152. The van der Waals surface area contributed by atoms with E-state index in [4.69, 9.17) is 8.83 Å². The molecule has 6 nitrogen and oxygen atoms in total. The fourth-order valence-electron chi connectivity index (χ4n) is 13.2. The molecule has 0 N–H and O–H groups in total. The fraction of sp³-hybridized carbons (Fsp3) is 0.0133. The molecule has 0 bridgehead atoms. The van der Waals surface area contributed by atoms with Crippen LogP contribution in [0.25, 0.3) is 120 Å². The van der Waals surface area contributed by atoms with Crippen molar-refractivity contribution in [1.82, 2.24) is 9.13 Å². The largest absolute Gasteiger partial charge is 0.456 e. The first-order chi connectivity index (χ1) is 40.1. The van der Waals surface area contributed by atoms with Crippen LogP contribution in [0.1, 0.15) is 5.56 Å². The summed E-state index contributed by atoms with van der Waals surface area (Å²) in [5.74, 6) is 0. The Balaban J connectivity index is 0.757. The van der Waals surface area contributed by atoms with Crippen molar-refractivity contribution in [1.29, 1.82) is 0 Å². The Bertz CT molecular complexity index is 5030. The number of furan rings is 2. The normalized spacial score (nSPS) is 12.0. The SMILES string of the molecule is Cc1c2c(cc3oc4cc5cc(N(c6ccccc6)c6ccc7c(c6)c6ccccc6n7-c6ccccc6)ccc5cc4c13)oc1cc3cc(N(c4ccccc4)c4ccc5c(c4)c4ccccc4n5-c4ccccc4)ccc3cc12. The summed E-state index contributed by atoms with van der Waals surface area (Å²) in [4.78, 5) is 4.72. The number of hydrogen-bond donors (Lipinski definition) is 0. The zero-order valence-corrected chi connectivity index (χ0v) is 44.1. The number of benzene rings is 13. The van der Waals surface area contributed by atoms with Crippen LogP contribution in [0.3, 0.4) is 0 Å². The predicted molar refractivity (Wildman–Crippen MR) is 339 cm³/mol. The Morgan fingerprint density at radius 2 is 0.630 bits per heavy atom. The Morgan fingerprint density at radius 3 is 1.07 bits per heavy atom. The molecule has 380 valence electrons. The van der Waals surface area contributed by atoms with E-state index in [9.17, 15) is 0 Å². The van der Waals surface area contributed by atoms with E-state index in [1.54, 1.807) is 0 Å². The van der Waals surface area contributed by atoms with Gasteiger partial charge in [-0.25, -0.2) is 0 Å². The zero-order chi connectivity index (χ0) is 53.3. The summed E-state index contributed by atoms with van der Waals surface area (Å²) in [5, 5.41) is 13.7. The number of rotatable bonds is 8. The number of fused-ring (bicyclic) bond motifs is 14. The van der Waals surface area contributed by atoms with E-state index in [2.05, 4.69) is 299 Å². The molecule has 0 aliphatic rings. The minimum Gasteiger partial charge on any atom is -0.456 e. The molecule has 0 aliphatic carbocycles. The molecule has 17 aromatic rings. The van der Waals surface area contributed by atoms with Gasteiger partial charge in [0, 0.05) is 94.7 Å². The van der Waals surface area contributed by atoms with Crippen LogP contribution >= 0.6 is 0 Å². The number of hydrogen-bond acceptors (Lipinski definition) is 4. The first-order valence-electron chi connectivity index (χ1n) is 27.6. The van der Waals surface area contributed by atoms with E-state index in [0.717, 1.165) is 116 Å². The lowest BCUT2D eigenvalue weighted by atomic mass is 9.98. The predicted octanol–water partition coefficient (Wildman–Crippen LogP) is 21.2. The number of aromatic nitrogens is 2. The summed E-state index contributed by atoms with van der Waals surface area (Å²) in [5.41, 5.74) is 17.9. The summed E-state index contributed by atoms with van der Waals surface area (Å²) in [6.45, 7) is 2.22. The second-order valence-corrected chi connectivity index (χ2v) is 21.3. The van der Waals surface area contributed by atoms with Gasteiger partial charge in [0.05, 0.1) is 22.1 Å². The van der Waals surface area contributed by atoms with Crippen LogP contribution in [-0.2, 0) is 0 Å². The van der Waals surface area contributed by atoms with Gasteiger partial charge in [0.25, 0.3) is 0 Å². The molecular weight excluding hydrogens is 989 g/mol. The molecule has 0 radical (unpaired) electrons. The second kappa shape index (κ2) is 17.6. The highest BCUT2D eigenvalue weighted by Crippen LogP contribution is 2.46. The van der Waals surface area contributed by atoms with Crippen LogP contribution in [0.4, 0.5) is 34.1 Å². The number of aryl methyl sites for hydroxylation is 1. The van der Waals surface area contributed by atoms with Gasteiger partial charge >= 0.3 is 0 Å². The third-order valence-electron chi connectivity index (χ3n) is 16.7. The van der Waals surface area contributed by atoms with Crippen LogP contribution < -0.4 is 9.80 Å². The molecule has 17 rings (SSSR count). The molecule has 0 amide bonds. The summed E-state index contributed by atoms with van der Waals surface area (Å²) >= 11 is 0. The molecule has 4 heterocycles. The molecule has 4 aromatic heterocycles. The van der Waals surface area contributed by atoms with Crippen LogP contribution in [0.15, 0.2) is 282 Å². The van der Waals surface area contributed by atoms with Gasteiger partial charge in [-0.1, -0.05) is 121 Å². The molecule has 0 spiro atoms. The minimum absolute atomic E-state index is 0.813. The Morgan fingerprint density at radius 1 is 0.259 bits per heavy atom. The van der Waals surface area contributed by atoms with E-state index in [1.807, 2.05) is 0 Å². The van der Waals surface area contributed by atoms with Crippen molar-refractivity contribution in [2.45, 2.75) is 6.92 Å². The van der Waals surface area contributed by atoms with Gasteiger partial charge in [0.2, 0.25) is 0 Å².